The van der Waals surface area contributed by atoms with E-state index in [1.807, 2.05) is 6.07 Å². The molecule has 0 saturated heterocycles. The highest BCUT2D eigenvalue weighted by Gasteiger charge is 2.26. The van der Waals surface area contributed by atoms with E-state index in [0.29, 0.717) is 0 Å². The lowest BCUT2D eigenvalue weighted by Gasteiger charge is -2.21. The summed E-state index contributed by atoms with van der Waals surface area (Å²) >= 11 is 0. The monoisotopic (exact) mass is 515 g/mol. The summed E-state index contributed by atoms with van der Waals surface area (Å²) in [5, 5.41) is 5.15. The highest BCUT2D eigenvalue weighted by Crippen LogP contribution is 2.21. The predicted molar refractivity (Wildman–Crippen MR) is 133 cm³/mol. The van der Waals surface area contributed by atoms with Crippen LogP contribution in [0, 0.1) is 11.6 Å². The van der Waals surface area contributed by atoms with Crippen molar-refractivity contribution < 1.29 is 26.8 Å². The third-order valence-corrected chi connectivity index (χ3v) is 6.73. The van der Waals surface area contributed by atoms with Crippen LogP contribution in [-0.4, -0.2) is 31.8 Å². The lowest BCUT2D eigenvalue weighted by Crippen LogP contribution is -2.45. The molecule has 0 aliphatic carbocycles. The molecule has 3 rings (SSSR count). The molecule has 0 aliphatic rings. The van der Waals surface area contributed by atoms with Crippen LogP contribution in [0.15, 0.2) is 77.7 Å². The second-order valence-electron chi connectivity index (χ2n) is 9.21. The van der Waals surface area contributed by atoms with Crippen LogP contribution in [-0.2, 0) is 21.2 Å². The minimum atomic E-state index is -4.12. The molecule has 0 spiro atoms. The van der Waals surface area contributed by atoms with Gasteiger partial charge in [0.2, 0.25) is 15.9 Å². The van der Waals surface area contributed by atoms with Gasteiger partial charge in [-0.3, -0.25) is 9.59 Å². The molecule has 0 unspecified atom stereocenters. The van der Waals surface area contributed by atoms with E-state index in [1.54, 1.807) is 45.0 Å². The van der Waals surface area contributed by atoms with Crippen molar-refractivity contribution in [1.29, 1.82) is 0 Å². The van der Waals surface area contributed by atoms with Gasteiger partial charge in [0, 0.05) is 23.2 Å². The van der Waals surface area contributed by atoms with Crippen molar-refractivity contribution >= 4 is 27.5 Å². The van der Waals surface area contributed by atoms with Gasteiger partial charge in [0.05, 0.1) is 0 Å². The van der Waals surface area contributed by atoms with Crippen molar-refractivity contribution in [2.45, 2.75) is 43.7 Å². The summed E-state index contributed by atoms with van der Waals surface area (Å²) in [6, 6.07) is 16.0. The van der Waals surface area contributed by atoms with Crippen LogP contribution in [0.3, 0.4) is 0 Å². The molecule has 0 saturated carbocycles. The Labute approximate surface area is 209 Å². The van der Waals surface area contributed by atoms with Crippen LogP contribution in [0.25, 0.3) is 0 Å². The van der Waals surface area contributed by atoms with Crippen LogP contribution in [0.4, 0.5) is 14.5 Å². The molecule has 0 bridgehead atoms. The Kier molecular flexibility index (Phi) is 8.21. The van der Waals surface area contributed by atoms with Gasteiger partial charge in [-0.25, -0.2) is 21.9 Å². The maximum Gasteiger partial charge on any atom is 0.251 e. The molecule has 7 nitrogen and oxygen atoms in total. The van der Waals surface area contributed by atoms with E-state index in [2.05, 4.69) is 15.4 Å². The second kappa shape index (κ2) is 11.0. The van der Waals surface area contributed by atoms with E-state index < -0.39 is 49.9 Å². The maximum atomic E-state index is 14.7. The van der Waals surface area contributed by atoms with Crippen molar-refractivity contribution in [3.05, 3.63) is 95.6 Å². The normalized spacial score (nSPS) is 12.6. The lowest BCUT2D eigenvalue weighted by atomic mass is 10.0. The van der Waals surface area contributed by atoms with Crippen molar-refractivity contribution in [2.75, 3.05) is 5.32 Å². The minimum absolute atomic E-state index is 0.0151. The first kappa shape index (κ1) is 27.0. The summed E-state index contributed by atoms with van der Waals surface area (Å²) in [6.07, 6.45) is 0.129. The Balaban J connectivity index is 1.81. The Hall–Kier alpha value is -3.63. The molecule has 0 heterocycles. The van der Waals surface area contributed by atoms with E-state index in [4.69, 9.17) is 0 Å². The molecule has 1 atom stereocenters. The SMILES string of the molecule is CC(C)(C)NS(=O)(=O)c1ccc(NC(=O)[C@H](Cc2ccccc2)NC(=O)c2ccc(F)cc2)cc1F. The zero-order valence-electron chi connectivity index (χ0n) is 20.0. The molecule has 10 heteroatoms. The number of amides is 2. The molecule has 0 radical (unpaired) electrons. The van der Waals surface area contributed by atoms with Gasteiger partial charge in [-0.2, -0.15) is 0 Å². The van der Waals surface area contributed by atoms with Crippen LogP contribution >= 0.6 is 0 Å². The van der Waals surface area contributed by atoms with Gasteiger partial charge in [0.25, 0.3) is 5.91 Å². The molecule has 0 aromatic heterocycles. The van der Waals surface area contributed by atoms with Crippen molar-refractivity contribution in [2.24, 2.45) is 0 Å². The van der Waals surface area contributed by atoms with Gasteiger partial charge in [0.15, 0.2) is 0 Å². The number of anilines is 1. The fourth-order valence-electron chi connectivity index (χ4n) is 3.39. The number of benzene rings is 3. The first-order valence-electron chi connectivity index (χ1n) is 11.1. The van der Waals surface area contributed by atoms with E-state index in [9.17, 15) is 26.8 Å². The number of halogens is 2. The van der Waals surface area contributed by atoms with Crippen molar-refractivity contribution in [3.8, 4) is 0 Å². The van der Waals surface area contributed by atoms with E-state index in [1.165, 1.54) is 18.2 Å². The van der Waals surface area contributed by atoms with Crippen molar-refractivity contribution in [1.82, 2.24) is 10.0 Å². The average Bonchev–Trinajstić information content (AvgIpc) is 2.78. The first-order valence-corrected chi connectivity index (χ1v) is 12.6. The summed E-state index contributed by atoms with van der Waals surface area (Å²) < 4.78 is 55.3. The molecule has 36 heavy (non-hydrogen) atoms. The smallest absolute Gasteiger partial charge is 0.251 e. The van der Waals surface area contributed by atoms with Gasteiger partial charge in [0.1, 0.15) is 22.6 Å². The Morgan fingerprint density at radius 1 is 0.917 bits per heavy atom. The van der Waals surface area contributed by atoms with Crippen molar-refractivity contribution in [3.63, 3.8) is 0 Å². The number of carbonyl (C=O) groups is 2. The van der Waals surface area contributed by atoms with Gasteiger partial charge in [-0.1, -0.05) is 30.3 Å². The maximum absolute atomic E-state index is 14.7. The third kappa shape index (κ3) is 7.43. The minimum Gasteiger partial charge on any atom is -0.340 e. The molecule has 2 amide bonds. The zero-order valence-corrected chi connectivity index (χ0v) is 20.8. The number of rotatable bonds is 8. The number of nitrogens with one attached hydrogen (secondary N) is 3. The largest absolute Gasteiger partial charge is 0.340 e. The standard InChI is InChI=1S/C26H27F2N3O4S/c1-26(2,3)31-36(34,35)23-14-13-20(16-21(23)28)29-25(33)22(15-17-7-5-4-6-8-17)30-24(32)18-9-11-19(27)12-10-18/h4-14,16,22,31H,15H2,1-3H3,(H,29,33)(H,30,32)/t22-/m0/s1. The molecule has 3 aromatic carbocycles. The molecular weight excluding hydrogens is 488 g/mol. The summed E-state index contributed by atoms with van der Waals surface area (Å²) in [5.41, 5.74) is 0.124. The molecule has 3 aromatic rings. The van der Waals surface area contributed by atoms with Gasteiger partial charge in [-0.15, -0.1) is 0 Å². The van der Waals surface area contributed by atoms with Crippen LogP contribution in [0.2, 0.25) is 0 Å². The summed E-state index contributed by atoms with van der Waals surface area (Å²) in [7, 11) is -4.12. The molecular formula is C26H27F2N3O4S. The lowest BCUT2D eigenvalue weighted by molar-refractivity contribution is -0.118. The Bertz CT molecular complexity index is 1340. The number of carbonyl (C=O) groups excluding carboxylic acids is 2. The Morgan fingerprint density at radius 3 is 2.14 bits per heavy atom. The summed E-state index contributed by atoms with van der Waals surface area (Å²) in [6.45, 7) is 4.89. The molecule has 0 fully saturated rings. The summed E-state index contributed by atoms with van der Waals surface area (Å²) in [4.78, 5) is 25.2. The molecule has 190 valence electrons. The Morgan fingerprint density at radius 2 is 1.56 bits per heavy atom. The fourth-order valence-corrected chi connectivity index (χ4v) is 4.86. The number of hydrogen-bond acceptors (Lipinski definition) is 4. The van der Waals surface area contributed by atoms with Crippen LogP contribution < -0.4 is 15.4 Å². The van der Waals surface area contributed by atoms with Gasteiger partial charge >= 0.3 is 0 Å². The topological polar surface area (TPSA) is 104 Å². The predicted octanol–water partition coefficient (Wildman–Crippen LogP) is 4.02. The highest BCUT2D eigenvalue weighted by molar-refractivity contribution is 7.89. The second-order valence-corrected chi connectivity index (χ2v) is 10.9. The van der Waals surface area contributed by atoms with Crippen LogP contribution in [0.5, 0.6) is 0 Å². The molecule has 3 N–H and O–H groups in total. The van der Waals surface area contributed by atoms with E-state index in [-0.39, 0.29) is 17.7 Å². The average molecular weight is 516 g/mol. The highest BCUT2D eigenvalue weighted by atomic mass is 32.2. The van der Waals surface area contributed by atoms with E-state index in [0.717, 1.165) is 29.8 Å². The third-order valence-electron chi connectivity index (χ3n) is 4.94. The number of hydrogen-bond donors (Lipinski definition) is 3. The van der Waals surface area contributed by atoms with Gasteiger partial charge in [-0.05, 0) is 68.8 Å². The first-order chi connectivity index (χ1) is 16.8. The molecule has 0 aliphatic heterocycles. The summed E-state index contributed by atoms with van der Waals surface area (Å²) in [5.74, 6) is -2.78. The fraction of sp³-hybridized carbons (Fsp3) is 0.231. The van der Waals surface area contributed by atoms with Crippen LogP contribution in [0.1, 0.15) is 36.7 Å². The quantitative estimate of drug-likeness (QED) is 0.422. The zero-order chi connectivity index (χ0) is 26.5. The number of sulfonamides is 1. The van der Waals surface area contributed by atoms with Gasteiger partial charge < -0.3 is 10.6 Å². The van der Waals surface area contributed by atoms with E-state index >= 15 is 0 Å².